The molecule has 1 heterocycles. The molecule has 4 heteroatoms. The lowest BCUT2D eigenvalue weighted by Gasteiger charge is -2.40. The number of piperidine rings is 1. The summed E-state index contributed by atoms with van der Waals surface area (Å²) in [6.07, 6.45) is 0.620. The van der Waals surface area contributed by atoms with Crippen LogP contribution in [-0.4, -0.2) is 43.3 Å². The number of nitrogens with one attached hydrogen (secondary N) is 1. The van der Waals surface area contributed by atoms with Gasteiger partial charge in [-0.15, -0.1) is 0 Å². The summed E-state index contributed by atoms with van der Waals surface area (Å²) in [5.41, 5.74) is 1.34. The Balaban J connectivity index is 2.10. The van der Waals surface area contributed by atoms with Gasteiger partial charge in [0.15, 0.2) is 0 Å². The highest BCUT2D eigenvalue weighted by Crippen LogP contribution is 2.28. The molecule has 2 rings (SSSR count). The normalized spacial score (nSPS) is 23.6. The molecule has 1 aliphatic heterocycles. The van der Waals surface area contributed by atoms with Crippen molar-refractivity contribution in [3.8, 4) is 0 Å². The Bertz CT molecular complexity index is 433. The third-order valence-corrected chi connectivity index (χ3v) is 3.99. The molecule has 2 unspecified atom stereocenters. The zero-order valence-corrected chi connectivity index (χ0v) is 12.5. The molecule has 0 bridgehead atoms. The third kappa shape index (κ3) is 3.73. The van der Waals surface area contributed by atoms with Crippen LogP contribution in [0.15, 0.2) is 30.3 Å². The van der Waals surface area contributed by atoms with Crippen LogP contribution in [-0.2, 0) is 4.74 Å². The molecule has 2 atom stereocenters. The fraction of sp³-hybridized carbons (Fsp3) is 0.562. The minimum atomic E-state index is -0.340. The molecule has 1 aromatic carbocycles. The Morgan fingerprint density at radius 2 is 2.00 bits per heavy atom. The average molecular weight is 276 g/mol. The number of benzene rings is 1. The van der Waals surface area contributed by atoms with Crippen molar-refractivity contribution in [2.45, 2.75) is 38.3 Å². The summed E-state index contributed by atoms with van der Waals surface area (Å²) in [7, 11) is 1.41. The summed E-state index contributed by atoms with van der Waals surface area (Å²) < 4.78 is 4.72. The van der Waals surface area contributed by atoms with Gasteiger partial charge in [0.25, 0.3) is 0 Å². The summed E-state index contributed by atoms with van der Waals surface area (Å²) in [4.78, 5) is 13.9. The molecule has 1 aliphatic rings. The van der Waals surface area contributed by atoms with Gasteiger partial charge in [-0.3, -0.25) is 4.90 Å². The molecule has 1 amide bonds. The molecule has 1 fully saturated rings. The van der Waals surface area contributed by atoms with Crippen molar-refractivity contribution in [1.29, 1.82) is 0 Å². The fourth-order valence-corrected chi connectivity index (χ4v) is 2.85. The molecule has 1 saturated heterocycles. The lowest BCUT2D eigenvalue weighted by atomic mass is 9.87. The van der Waals surface area contributed by atoms with E-state index in [9.17, 15) is 4.79 Å². The molecular formula is C16H24N2O2. The van der Waals surface area contributed by atoms with Crippen LogP contribution in [0, 0.1) is 0 Å². The number of hydrogen-bond donors (Lipinski definition) is 1. The van der Waals surface area contributed by atoms with Crippen molar-refractivity contribution in [2.75, 3.05) is 20.2 Å². The number of alkyl carbamates (subject to hydrolysis) is 1. The van der Waals surface area contributed by atoms with Gasteiger partial charge in [0, 0.05) is 25.2 Å². The highest BCUT2D eigenvalue weighted by molar-refractivity contribution is 5.67. The second kappa shape index (κ2) is 6.75. The van der Waals surface area contributed by atoms with Gasteiger partial charge in [-0.1, -0.05) is 30.3 Å². The lowest BCUT2D eigenvalue weighted by molar-refractivity contribution is 0.123. The Morgan fingerprint density at radius 3 is 2.60 bits per heavy atom. The Morgan fingerprint density at radius 1 is 1.30 bits per heavy atom. The minimum Gasteiger partial charge on any atom is -0.453 e. The summed E-state index contributed by atoms with van der Waals surface area (Å²) in [6.45, 7) is 6.32. The van der Waals surface area contributed by atoms with Gasteiger partial charge in [-0.05, 0) is 31.7 Å². The maximum absolute atomic E-state index is 11.4. The number of nitrogens with zero attached hydrogens (tertiary/aromatic N) is 1. The predicted molar refractivity (Wildman–Crippen MR) is 79.8 cm³/mol. The highest BCUT2D eigenvalue weighted by atomic mass is 16.5. The van der Waals surface area contributed by atoms with E-state index in [-0.39, 0.29) is 12.1 Å². The topological polar surface area (TPSA) is 41.6 Å². The van der Waals surface area contributed by atoms with Crippen LogP contribution in [0.5, 0.6) is 0 Å². The zero-order valence-electron chi connectivity index (χ0n) is 12.5. The quantitative estimate of drug-likeness (QED) is 0.922. The van der Waals surface area contributed by atoms with Crippen molar-refractivity contribution in [2.24, 2.45) is 0 Å². The Labute approximate surface area is 121 Å². The first-order valence-corrected chi connectivity index (χ1v) is 7.23. The number of amides is 1. The molecule has 110 valence electrons. The first-order valence-electron chi connectivity index (χ1n) is 7.23. The van der Waals surface area contributed by atoms with Gasteiger partial charge in [0.05, 0.1) is 7.11 Å². The maximum atomic E-state index is 11.4. The van der Waals surface area contributed by atoms with Gasteiger partial charge in [0.2, 0.25) is 0 Å². The molecule has 0 aromatic heterocycles. The first kappa shape index (κ1) is 14.9. The van der Waals surface area contributed by atoms with E-state index >= 15 is 0 Å². The Kier molecular flexibility index (Phi) is 5.01. The maximum Gasteiger partial charge on any atom is 0.407 e. The number of carbonyl (C=O) groups excluding carboxylic acids is 1. The Hall–Kier alpha value is -1.55. The summed E-state index contributed by atoms with van der Waals surface area (Å²) in [6, 6.07) is 11.1. The number of likely N-dealkylation sites (tertiary alicyclic amines) is 1. The second-order valence-corrected chi connectivity index (χ2v) is 5.72. The summed E-state index contributed by atoms with van der Waals surface area (Å²) in [5, 5.41) is 2.95. The molecule has 0 radical (unpaired) electrons. The summed E-state index contributed by atoms with van der Waals surface area (Å²) >= 11 is 0. The molecular weight excluding hydrogens is 252 g/mol. The third-order valence-electron chi connectivity index (χ3n) is 3.99. The van der Waals surface area contributed by atoms with Crippen molar-refractivity contribution >= 4 is 6.09 Å². The highest BCUT2D eigenvalue weighted by Gasteiger charge is 2.30. The molecule has 0 aliphatic carbocycles. The molecule has 4 nitrogen and oxygen atoms in total. The zero-order chi connectivity index (χ0) is 14.5. The monoisotopic (exact) mass is 276 g/mol. The predicted octanol–water partition coefficient (Wildman–Crippen LogP) is 2.61. The number of hydrogen-bond acceptors (Lipinski definition) is 3. The molecule has 0 saturated carbocycles. The van der Waals surface area contributed by atoms with Gasteiger partial charge >= 0.3 is 6.09 Å². The van der Waals surface area contributed by atoms with E-state index in [0.29, 0.717) is 12.0 Å². The standard InChI is InChI=1S/C16H24N2O2/c1-12(2)18-10-14(13-7-5-4-6-8-13)9-15(11-18)17-16(19)20-3/h4-8,12,14-15H,9-11H2,1-3H3,(H,17,19). The van der Waals surface area contributed by atoms with Crippen molar-refractivity contribution in [3.63, 3.8) is 0 Å². The number of methoxy groups -OCH3 is 1. The van der Waals surface area contributed by atoms with Crippen LogP contribution < -0.4 is 5.32 Å². The van der Waals surface area contributed by atoms with Crippen molar-refractivity contribution in [1.82, 2.24) is 10.2 Å². The van der Waals surface area contributed by atoms with Gasteiger partial charge in [-0.25, -0.2) is 4.79 Å². The van der Waals surface area contributed by atoms with E-state index in [0.717, 1.165) is 19.5 Å². The molecule has 0 spiro atoms. The number of carbonyl (C=O) groups is 1. The first-order chi connectivity index (χ1) is 9.60. The smallest absolute Gasteiger partial charge is 0.407 e. The van der Waals surface area contributed by atoms with E-state index in [1.807, 2.05) is 6.07 Å². The number of ether oxygens (including phenoxy) is 1. The van der Waals surface area contributed by atoms with Crippen LogP contribution in [0.1, 0.15) is 31.7 Å². The van der Waals surface area contributed by atoms with Gasteiger partial charge in [-0.2, -0.15) is 0 Å². The van der Waals surface area contributed by atoms with E-state index in [1.165, 1.54) is 12.7 Å². The van der Waals surface area contributed by atoms with Crippen LogP contribution in [0.2, 0.25) is 0 Å². The largest absolute Gasteiger partial charge is 0.453 e. The molecule has 20 heavy (non-hydrogen) atoms. The van der Waals surface area contributed by atoms with Crippen molar-refractivity contribution < 1.29 is 9.53 Å². The van der Waals surface area contributed by atoms with Crippen molar-refractivity contribution in [3.05, 3.63) is 35.9 Å². The van der Waals surface area contributed by atoms with Gasteiger partial charge in [0.1, 0.15) is 0 Å². The molecule has 1 N–H and O–H groups in total. The minimum absolute atomic E-state index is 0.142. The van der Waals surface area contributed by atoms with E-state index in [4.69, 9.17) is 4.74 Å². The van der Waals surface area contributed by atoms with E-state index < -0.39 is 0 Å². The van der Waals surface area contributed by atoms with Crippen LogP contribution in [0.4, 0.5) is 4.79 Å². The van der Waals surface area contributed by atoms with E-state index in [2.05, 4.69) is 48.3 Å². The second-order valence-electron chi connectivity index (χ2n) is 5.72. The summed E-state index contributed by atoms with van der Waals surface area (Å²) in [5.74, 6) is 0.453. The van der Waals surface area contributed by atoms with Crippen LogP contribution >= 0.6 is 0 Å². The fourth-order valence-electron chi connectivity index (χ4n) is 2.85. The SMILES string of the molecule is COC(=O)NC1CC(c2ccccc2)CN(C(C)C)C1. The molecule has 1 aromatic rings. The number of rotatable bonds is 3. The van der Waals surface area contributed by atoms with Gasteiger partial charge < -0.3 is 10.1 Å². The average Bonchev–Trinajstić information content (AvgIpc) is 2.47. The lowest BCUT2D eigenvalue weighted by Crippen LogP contribution is -2.52. The van der Waals surface area contributed by atoms with Crippen LogP contribution in [0.3, 0.4) is 0 Å². The van der Waals surface area contributed by atoms with E-state index in [1.54, 1.807) is 0 Å². The van der Waals surface area contributed by atoms with Crippen LogP contribution in [0.25, 0.3) is 0 Å².